The Balaban J connectivity index is 2.89. The van der Waals surface area contributed by atoms with E-state index in [0.717, 1.165) is 0 Å². The quantitative estimate of drug-likeness (QED) is 0.627. The Morgan fingerprint density at radius 1 is 1.64 bits per heavy atom. The molecule has 0 saturated heterocycles. The predicted molar refractivity (Wildman–Crippen MR) is 39.1 cm³/mol. The van der Waals surface area contributed by atoms with Gasteiger partial charge in [0, 0.05) is 18.9 Å². The molecule has 62 valence electrons. The molecule has 1 rings (SSSR count). The maximum atomic E-state index is 12.1. The van der Waals surface area contributed by atoms with Gasteiger partial charge in [0.2, 0.25) is 0 Å². The first-order valence-electron chi connectivity index (χ1n) is 3.01. The molecule has 1 aromatic heterocycles. The van der Waals surface area contributed by atoms with Crippen LogP contribution in [0.5, 0.6) is 0 Å². The molecule has 5 heteroatoms. The lowest BCUT2D eigenvalue weighted by Gasteiger charge is -1.97. The highest BCUT2D eigenvalue weighted by Crippen LogP contribution is 2.06. The van der Waals surface area contributed by atoms with Gasteiger partial charge in [0.05, 0.1) is 0 Å². The van der Waals surface area contributed by atoms with Gasteiger partial charge in [-0.05, 0) is 12.1 Å². The van der Waals surface area contributed by atoms with Crippen molar-refractivity contribution in [2.45, 2.75) is 5.75 Å². The van der Waals surface area contributed by atoms with Gasteiger partial charge in [-0.2, -0.15) is 8.42 Å². The smallest absolute Gasteiger partial charge is 0.308 e. The number of hydrogen-bond acceptors (Lipinski definition) is 2. The minimum Gasteiger partial charge on any atom is -0.353 e. The molecule has 0 fully saturated rings. The summed E-state index contributed by atoms with van der Waals surface area (Å²) < 4.78 is 34.0. The van der Waals surface area contributed by atoms with Crippen LogP contribution in [0, 0.1) is 0 Å². The molecule has 0 atom stereocenters. The summed E-state index contributed by atoms with van der Waals surface area (Å²) in [7, 11) is -2.72. The highest BCUT2D eigenvalue weighted by atomic mass is 32.3. The highest BCUT2D eigenvalue weighted by Gasteiger charge is 2.10. The SMILES string of the molecule is Cn1cccc1CS(=O)(=O)F. The van der Waals surface area contributed by atoms with Gasteiger partial charge in [-0.15, -0.1) is 3.89 Å². The topological polar surface area (TPSA) is 39.1 Å². The third kappa shape index (κ3) is 2.34. The summed E-state index contributed by atoms with van der Waals surface area (Å²) in [4.78, 5) is 0. The van der Waals surface area contributed by atoms with Crippen LogP contribution in [-0.2, 0) is 23.0 Å². The lowest BCUT2D eigenvalue weighted by atomic mass is 10.5. The predicted octanol–water partition coefficient (Wildman–Crippen LogP) is 0.824. The molecule has 0 N–H and O–H groups in total. The van der Waals surface area contributed by atoms with Crippen LogP contribution in [-0.4, -0.2) is 13.0 Å². The van der Waals surface area contributed by atoms with Crippen LogP contribution in [0.15, 0.2) is 18.3 Å². The van der Waals surface area contributed by atoms with E-state index < -0.39 is 16.0 Å². The summed E-state index contributed by atoms with van der Waals surface area (Å²) in [5.41, 5.74) is 0.451. The molecule has 3 nitrogen and oxygen atoms in total. The molecule has 0 unspecified atom stereocenters. The van der Waals surface area contributed by atoms with E-state index >= 15 is 0 Å². The Hall–Kier alpha value is -0.840. The Bertz CT molecular complexity index is 341. The average molecular weight is 177 g/mol. The maximum absolute atomic E-state index is 12.1. The summed E-state index contributed by atoms with van der Waals surface area (Å²) in [6.07, 6.45) is 1.67. The molecule has 0 spiro atoms. The number of nitrogens with zero attached hydrogens (tertiary/aromatic N) is 1. The largest absolute Gasteiger partial charge is 0.353 e. The average Bonchev–Trinajstić information content (AvgIpc) is 2.12. The summed E-state index contributed by atoms with van der Waals surface area (Å²) >= 11 is 0. The van der Waals surface area contributed by atoms with Crippen LogP contribution in [0.4, 0.5) is 3.89 Å². The van der Waals surface area contributed by atoms with Crippen molar-refractivity contribution in [3.05, 3.63) is 24.0 Å². The molecular formula is C6H8FNO2S. The molecule has 0 aliphatic carbocycles. The Kier molecular flexibility index (Phi) is 1.99. The highest BCUT2D eigenvalue weighted by molar-refractivity contribution is 7.85. The Labute approximate surface area is 64.7 Å². The van der Waals surface area contributed by atoms with E-state index in [0.29, 0.717) is 5.69 Å². The summed E-state index contributed by atoms with van der Waals surface area (Å²) in [5, 5.41) is 0. The van der Waals surface area contributed by atoms with Crippen molar-refractivity contribution in [2.75, 3.05) is 0 Å². The normalized spacial score (nSPS) is 11.8. The van der Waals surface area contributed by atoms with Gasteiger partial charge >= 0.3 is 10.2 Å². The molecule has 0 amide bonds. The molecule has 0 saturated carbocycles. The van der Waals surface area contributed by atoms with Gasteiger partial charge in [0.1, 0.15) is 5.75 Å². The van der Waals surface area contributed by atoms with Gasteiger partial charge in [-0.25, -0.2) is 0 Å². The zero-order valence-electron chi connectivity index (χ0n) is 5.99. The lowest BCUT2D eigenvalue weighted by molar-refractivity contribution is 0.549. The van der Waals surface area contributed by atoms with Crippen molar-refractivity contribution in [2.24, 2.45) is 7.05 Å². The van der Waals surface area contributed by atoms with E-state index in [4.69, 9.17) is 0 Å². The second-order valence-corrected chi connectivity index (χ2v) is 3.66. The fraction of sp³-hybridized carbons (Fsp3) is 0.333. The molecule has 1 aromatic rings. The number of aryl methyl sites for hydroxylation is 1. The Morgan fingerprint density at radius 3 is 2.64 bits per heavy atom. The fourth-order valence-corrected chi connectivity index (χ4v) is 1.48. The fourth-order valence-electron chi connectivity index (χ4n) is 0.823. The molecule has 0 aliphatic rings. The van der Waals surface area contributed by atoms with Gasteiger partial charge in [-0.3, -0.25) is 0 Å². The van der Waals surface area contributed by atoms with Crippen molar-refractivity contribution in [3.8, 4) is 0 Å². The zero-order valence-corrected chi connectivity index (χ0v) is 6.81. The number of rotatable bonds is 2. The van der Waals surface area contributed by atoms with Gasteiger partial charge in [0.25, 0.3) is 0 Å². The van der Waals surface area contributed by atoms with Crippen LogP contribution >= 0.6 is 0 Å². The van der Waals surface area contributed by atoms with Crippen molar-refractivity contribution in [1.82, 2.24) is 4.57 Å². The standard InChI is InChI=1S/C6H8FNO2S/c1-8-4-2-3-6(8)5-11(7,9)10/h2-4H,5H2,1H3. The van der Waals surface area contributed by atoms with E-state index in [2.05, 4.69) is 0 Å². The van der Waals surface area contributed by atoms with E-state index in [-0.39, 0.29) is 0 Å². The van der Waals surface area contributed by atoms with Crippen LogP contribution in [0.25, 0.3) is 0 Å². The first kappa shape index (κ1) is 8.26. The molecule has 11 heavy (non-hydrogen) atoms. The van der Waals surface area contributed by atoms with E-state index in [1.54, 1.807) is 29.9 Å². The molecule has 0 aliphatic heterocycles. The minimum atomic E-state index is -4.39. The number of aromatic nitrogens is 1. The second-order valence-electron chi connectivity index (χ2n) is 2.29. The second kappa shape index (κ2) is 2.65. The van der Waals surface area contributed by atoms with Crippen molar-refractivity contribution < 1.29 is 12.3 Å². The van der Waals surface area contributed by atoms with Crippen LogP contribution in [0.1, 0.15) is 5.69 Å². The van der Waals surface area contributed by atoms with Gasteiger partial charge in [-0.1, -0.05) is 0 Å². The first-order valence-corrected chi connectivity index (χ1v) is 4.57. The zero-order chi connectivity index (χ0) is 8.48. The first-order chi connectivity index (χ1) is 4.99. The van der Waals surface area contributed by atoms with E-state index in [1.165, 1.54) is 0 Å². The minimum absolute atomic E-state index is 0.451. The van der Waals surface area contributed by atoms with Gasteiger partial charge < -0.3 is 4.57 Å². The summed E-state index contributed by atoms with van der Waals surface area (Å²) in [5.74, 6) is -0.545. The summed E-state index contributed by atoms with van der Waals surface area (Å²) in [6.45, 7) is 0. The summed E-state index contributed by atoms with van der Waals surface area (Å²) in [6, 6.07) is 3.23. The van der Waals surface area contributed by atoms with Crippen molar-refractivity contribution in [1.29, 1.82) is 0 Å². The molecule has 1 heterocycles. The van der Waals surface area contributed by atoms with Crippen molar-refractivity contribution >= 4 is 10.2 Å². The van der Waals surface area contributed by atoms with Crippen molar-refractivity contribution in [3.63, 3.8) is 0 Å². The maximum Gasteiger partial charge on any atom is 0.308 e. The van der Waals surface area contributed by atoms with Gasteiger partial charge in [0.15, 0.2) is 0 Å². The lowest BCUT2D eigenvalue weighted by Crippen LogP contribution is -2.01. The van der Waals surface area contributed by atoms with Crippen LogP contribution in [0.3, 0.4) is 0 Å². The molecule has 0 aromatic carbocycles. The van der Waals surface area contributed by atoms with Crippen LogP contribution < -0.4 is 0 Å². The third-order valence-electron chi connectivity index (χ3n) is 1.37. The number of hydrogen-bond donors (Lipinski definition) is 0. The molecule has 0 bridgehead atoms. The van der Waals surface area contributed by atoms with E-state index in [9.17, 15) is 12.3 Å². The van der Waals surface area contributed by atoms with Crippen LogP contribution in [0.2, 0.25) is 0 Å². The third-order valence-corrected chi connectivity index (χ3v) is 2.01. The van der Waals surface area contributed by atoms with E-state index in [1.807, 2.05) is 0 Å². The molecular weight excluding hydrogens is 169 g/mol. The number of halogens is 1. The monoisotopic (exact) mass is 177 g/mol. The Morgan fingerprint density at radius 2 is 2.27 bits per heavy atom. The molecule has 0 radical (unpaired) electrons.